The van der Waals surface area contributed by atoms with Crippen molar-refractivity contribution in [3.05, 3.63) is 0 Å². The quantitative estimate of drug-likeness (QED) is 0.0334. The van der Waals surface area contributed by atoms with E-state index in [0.29, 0.717) is 112 Å². The van der Waals surface area contributed by atoms with Gasteiger partial charge in [0.25, 0.3) is 0 Å². The van der Waals surface area contributed by atoms with Gasteiger partial charge in [0.05, 0.1) is 92.4 Å². The maximum absolute atomic E-state index is 12.1. The van der Waals surface area contributed by atoms with E-state index < -0.39 is 5.97 Å². The number of ether oxygens (including phenoxy) is 11. The summed E-state index contributed by atoms with van der Waals surface area (Å²) in [6.45, 7) is 12.2. The van der Waals surface area contributed by atoms with Crippen LogP contribution in [0.15, 0.2) is 0 Å². The van der Waals surface area contributed by atoms with Crippen LogP contribution in [-0.2, 0) is 71.3 Å². The van der Waals surface area contributed by atoms with Gasteiger partial charge in [-0.1, -0.05) is 129 Å². The van der Waals surface area contributed by atoms with E-state index >= 15 is 0 Å². The number of hydrogen-bond donors (Lipinski definition) is 2. The van der Waals surface area contributed by atoms with Gasteiger partial charge in [0.2, 0.25) is 0 Å². The van der Waals surface area contributed by atoms with Gasteiger partial charge in [-0.3, -0.25) is 19.2 Å². The summed E-state index contributed by atoms with van der Waals surface area (Å²) in [6, 6.07) is 0. The molecule has 0 fully saturated rings. The zero-order valence-corrected chi connectivity index (χ0v) is 45.2. The molecule has 0 saturated carbocycles. The fraction of sp³-hybridized carbons (Fsp3) is 0.926. The summed E-state index contributed by atoms with van der Waals surface area (Å²) in [5, 5.41) is 5.77. The van der Waals surface area contributed by atoms with Crippen LogP contribution in [0.5, 0.6) is 0 Å². The van der Waals surface area contributed by atoms with Gasteiger partial charge in [-0.15, -0.1) is 0 Å². The Labute approximate surface area is 430 Å². The van der Waals surface area contributed by atoms with E-state index in [-0.39, 0.29) is 56.9 Å². The minimum atomic E-state index is -0.418. The van der Waals surface area contributed by atoms with Gasteiger partial charge in [-0.25, -0.2) is 0 Å². The van der Waals surface area contributed by atoms with Gasteiger partial charge >= 0.3 is 23.9 Å². The zero-order chi connectivity index (χ0) is 51.6. The number of hydrogen-bond acceptors (Lipinski definition) is 17. The van der Waals surface area contributed by atoms with E-state index in [4.69, 9.17) is 52.1 Å². The molecule has 1 atom stereocenters. The van der Waals surface area contributed by atoms with Crippen molar-refractivity contribution in [1.82, 2.24) is 10.6 Å². The second kappa shape index (κ2) is 58.4. The Kier molecular flexibility index (Phi) is 56.4. The highest BCUT2D eigenvalue weighted by molar-refractivity contribution is 5.72. The third-order valence-electron chi connectivity index (χ3n) is 11.3. The SMILES string of the molecule is CCCCCCCCCOC(=O)CCCCCCCOCC(COCCOCCOCCOCCOC(=O)CNCCOC(=O)CNCCOC)OCCCCCCCC(=O)OCCCCCCCCC. The van der Waals surface area contributed by atoms with Crippen molar-refractivity contribution in [2.45, 2.75) is 187 Å². The summed E-state index contributed by atoms with van der Waals surface area (Å²) in [6.07, 6.45) is 27.6. The molecule has 0 amide bonds. The fourth-order valence-electron chi connectivity index (χ4n) is 7.13. The van der Waals surface area contributed by atoms with Crippen LogP contribution >= 0.6 is 0 Å². The molecule has 0 bridgehead atoms. The van der Waals surface area contributed by atoms with Crippen LogP contribution in [0.3, 0.4) is 0 Å². The fourth-order valence-corrected chi connectivity index (χ4v) is 7.13. The largest absolute Gasteiger partial charge is 0.466 e. The van der Waals surface area contributed by atoms with E-state index in [1.807, 2.05) is 0 Å². The Bertz CT molecular complexity index is 1150. The van der Waals surface area contributed by atoms with Gasteiger partial charge < -0.3 is 62.7 Å². The molecule has 1 unspecified atom stereocenters. The van der Waals surface area contributed by atoms with E-state index in [2.05, 4.69) is 24.5 Å². The molecular weight excluding hydrogens is 917 g/mol. The number of rotatable bonds is 59. The molecule has 420 valence electrons. The summed E-state index contributed by atoms with van der Waals surface area (Å²) in [4.78, 5) is 47.6. The van der Waals surface area contributed by atoms with Gasteiger partial charge in [0, 0.05) is 46.3 Å². The molecule has 17 nitrogen and oxygen atoms in total. The Balaban J connectivity index is 4.13. The van der Waals surface area contributed by atoms with Crippen molar-refractivity contribution in [2.75, 3.05) is 139 Å². The standard InChI is InChI=1S/C54H104N2O15/c1-4-6-8-10-12-19-26-34-68-51(57)28-22-16-14-18-24-32-65-48-50(67-33-25-21-15-17-23-29-52(58)69-35-27-20-13-11-9-7-5-2)49-66-43-42-63-39-38-62-40-41-64-44-45-71-54(60)47-56-31-37-70-53(59)46-55-30-36-61-3/h50,55-56H,4-49H2,1-3H3. The predicted octanol–water partition coefficient (Wildman–Crippen LogP) is 8.64. The van der Waals surface area contributed by atoms with Crippen molar-refractivity contribution >= 4 is 23.9 Å². The van der Waals surface area contributed by atoms with E-state index in [1.54, 1.807) is 7.11 Å². The summed E-state index contributed by atoms with van der Waals surface area (Å²) < 4.78 is 60.7. The first-order chi connectivity index (χ1) is 34.9. The molecule has 2 N–H and O–H groups in total. The second-order valence-electron chi connectivity index (χ2n) is 18.0. The van der Waals surface area contributed by atoms with Gasteiger partial charge in [-0.2, -0.15) is 0 Å². The summed E-state index contributed by atoms with van der Waals surface area (Å²) >= 11 is 0. The first kappa shape index (κ1) is 68.5. The molecular formula is C54H104N2O15. The Hall–Kier alpha value is -2.48. The highest BCUT2D eigenvalue weighted by atomic mass is 16.6. The normalized spacial score (nSPS) is 11.8. The number of esters is 4. The first-order valence-electron chi connectivity index (χ1n) is 28.0. The summed E-state index contributed by atoms with van der Waals surface area (Å²) in [5.74, 6) is -0.935. The minimum Gasteiger partial charge on any atom is -0.466 e. The lowest BCUT2D eigenvalue weighted by molar-refractivity contribution is -0.145. The van der Waals surface area contributed by atoms with Gasteiger partial charge in [-0.05, 0) is 38.5 Å². The Morgan fingerprint density at radius 3 is 1.17 bits per heavy atom. The predicted molar refractivity (Wildman–Crippen MR) is 277 cm³/mol. The topological polar surface area (TPSA) is 194 Å². The third kappa shape index (κ3) is 56.7. The van der Waals surface area contributed by atoms with Crippen molar-refractivity contribution in [1.29, 1.82) is 0 Å². The van der Waals surface area contributed by atoms with E-state index in [1.165, 1.54) is 64.2 Å². The molecule has 0 aromatic carbocycles. The number of carbonyl (C=O) groups excluding carboxylic acids is 4. The number of carbonyl (C=O) groups is 4. The Morgan fingerprint density at radius 1 is 0.338 bits per heavy atom. The lowest BCUT2D eigenvalue weighted by Crippen LogP contribution is -2.31. The maximum atomic E-state index is 12.1. The molecule has 17 heteroatoms. The van der Waals surface area contributed by atoms with Crippen LogP contribution in [-0.4, -0.2) is 169 Å². The number of methoxy groups -OCH3 is 1. The van der Waals surface area contributed by atoms with Crippen LogP contribution in [0.2, 0.25) is 0 Å². The van der Waals surface area contributed by atoms with Crippen molar-refractivity contribution < 1.29 is 71.3 Å². The van der Waals surface area contributed by atoms with Crippen LogP contribution < -0.4 is 10.6 Å². The third-order valence-corrected chi connectivity index (χ3v) is 11.3. The molecule has 0 aliphatic rings. The van der Waals surface area contributed by atoms with Crippen LogP contribution in [0.25, 0.3) is 0 Å². The minimum absolute atomic E-state index is 0.00726. The van der Waals surface area contributed by atoms with E-state index in [9.17, 15) is 19.2 Å². The van der Waals surface area contributed by atoms with Crippen LogP contribution in [0.4, 0.5) is 0 Å². The van der Waals surface area contributed by atoms with E-state index in [0.717, 1.165) is 89.9 Å². The van der Waals surface area contributed by atoms with Crippen molar-refractivity contribution in [3.63, 3.8) is 0 Å². The van der Waals surface area contributed by atoms with Crippen molar-refractivity contribution in [3.8, 4) is 0 Å². The Morgan fingerprint density at radius 2 is 0.690 bits per heavy atom. The van der Waals surface area contributed by atoms with Gasteiger partial charge in [0.15, 0.2) is 0 Å². The summed E-state index contributed by atoms with van der Waals surface area (Å²) in [5.41, 5.74) is 0. The smallest absolute Gasteiger partial charge is 0.320 e. The number of nitrogens with one attached hydrogen (secondary N) is 2. The molecule has 0 heterocycles. The molecule has 0 aliphatic carbocycles. The number of unbranched alkanes of at least 4 members (excludes halogenated alkanes) is 20. The molecule has 0 radical (unpaired) electrons. The van der Waals surface area contributed by atoms with Crippen LogP contribution in [0, 0.1) is 0 Å². The molecule has 0 rings (SSSR count). The molecule has 0 aliphatic heterocycles. The molecule has 0 saturated heterocycles. The second-order valence-corrected chi connectivity index (χ2v) is 18.0. The lowest BCUT2D eigenvalue weighted by Gasteiger charge is -2.18. The molecule has 0 aromatic rings. The highest BCUT2D eigenvalue weighted by Crippen LogP contribution is 2.12. The lowest BCUT2D eigenvalue weighted by atomic mass is 10.1. The molecule has 71 heavy (non-hydrogen) atoms. The highest BCUT2D eigenvalue weighted by Gasteiger charge is 2.11. The average Bonchev–Trinajstić information content (AvgIpc) is 3.36. The monoisotopic (exact) mass is 1020 g/mol. The van der Waals surface area contributed by atoms with Gasteiger partial charge in [0.1, 0.15) is 19.3 Å². The van der Waals surface area contributed by atoms with Crippen molar-refractivity contribution in [2.24, 2.45) is 0 Å². The average molecular weight is 1020 g/mol. The first-order valence-corrected chi connectivity index (χ1v) is 28.0. The molecule has 0 spiro atoms. The maximum Gasteiger partial charge on any atom is 0.320 e. The summed E-state index contributed by atoms with van der Waals surface area (Å²) in [7, 11) is 1.59. The molecule has 0 aromatic heterocycles. The van der Waals surface area contributed by atoms with Crippen LogP contribution in [0.1, 0.15) is 181 Å². The zero-order valence-electron chi connectivity index (χ0n) is 45.2.